The molecule has 0 radical (unpaired) electrons. The van der Waals surface area contributed by atoms with E-state index < -0.39 is 32.6 Å². The third kappa shape index (κ3) is 3.85. The van der Waals surface area contributed by atoms with Crippen molar-refractivity contribution in [2.45, 2.75) is 24.3 Å². The van der Waals surface area contributed by atoms with Crippen LogP contribution in [0.4, 0.5) is 14.5 Å². The minimum atomic E-state index is -4.31. The lowest BCUT2D eigenvalue weighted by Gasteiger charge is -2.16. The number of methoxy groups -OCH3 is 1. The Hall–Kier alpha value is -1.25. The van der Waals surface area contributed by atoms with Gasteiger partial charge in [0.05, 0.1) is 6.61 Å². The molecule has 5 nitrogen and oxygen atoms in total. The SMILES string of the molecule is CCC(COC)NS(=O)(=O)c1c(F)cc(N)cc1F. The van der Waals surface area contributed by atoms with Crippen LogP contribution in [0.1, 0.15) is 13.3 Å². The maximum atomic E-state index is 13.6. The predicted molar refractivity (Wildman–Crippen MR) is 67.0 cm³/mol. The van der Waals surface area contributed by atoms with Gasteiger partial charge in [0.1, 0.15) is 11.6 Å². The zero-order valence-corrected chi connectivity index (χ0v) is 11.4. The van der Waals surface area contributed by atoms with Crippen molar-refractivity contribution in [3.05, 3.63) is 23.8 Å². The van der Waals surface area contributed by atoms with Gasteiger partial charge in [-0.05, 0) is 18.6 Å². The molecule has 1 aromatic rings. The molecule has 0 amide bonds. The smallest absolute Gasteiger partial charge is 0.246 e. The van der Waals surface area contributed by atoms with Crippen LogP contribution in [0.2, 0.25) is 0 Å². The van der Waals surface area contributed by atoms with Crippen LogP contribution in [0.3, 0.4) is 0 Å². The Morgan fingerprint density at radius 1 is 1.37 bits per heavy atom. The highest BCUT2D eigenvalue weighted by Gasteiger charge is 2.26. The molecule has 0 heterocycles. The zero-order chi connectivity index (χ0) is 14.6. The van der Waals surface area contributed by atoms with Crippen LogP contribution in [-0.2, 0) is 14.8 Å². The van der Waals surface area contributed by atoms with Gasteiger partial charge in [0.15, 0.2) is 4.90 Å². The summed E-state index contributed by atoms with van der Waals surface area (Å²) in [5.74, 6) is -2.45. The zero-order valence-electron chi connectivity index (χ0n) is 10.6. The normalized spacial score (nSPS) is 13.5. The molecule has 1 rings (SSSR count). The van der Waals surface area contributed by atoms with Crippen molar-refractivity contribution in [3.8, 4) is 0 Å². The summed E-state index contributed by atoms with van der Waals surface area (Å²) < 4.78 is 58.0. The van der Waals surface area contributed by atoms with E-state index in [1.165, 1.54) is 7.11 Å². The number of benzene rings is 1. The molecule has 0 fully saturated rings. The van der Waals surface area contributed by atoms with E-state index in [2.05, 4.69) is 4.72 Å². The minimum Gasteiger partial charge on any atom is -0.399 e. The fourth-order valence-corrected chi connectivity index (χ4v) is 2.97. The first-order chi connectivity index (χ1) is 8.81. The number of nitrogens with one attached hydrogen (secondary N) is 1. The van der Waals surface area contributed by atoms with Crippen LogP contribution in [-0.4, -0.2) is 28.2 Å². The highest BCUT2D eigenvalue weighted by atomic mass is 32.2. The second-order valence-electron chi connectivity index (χ2n) is 4.00. The van der Waals surface area contributed by atoms with Gasteiger partial charge in [0.25, 0.3) is 0 Å². The molecule has 0 spiro atoms. The van der Waals surface area contributed by atoms with E-state index in [0.717, 1.165) is 12.1 Å². The molecule has 0 saturated heterocycles. The maximum Gasteiger partial charge on any atom is 0.246 e. The van der Waals surface area contributed by atoms with Crippen molar-refractivity contribution in [2.75, 3.05) is 19.5 Å². The fraction of sp³-hybridized carbons (Fsp3) is 0.455. The molecule has 1 unspecified atom stereocenters. The monoisotopic (exact) mass is 294 g/mol. The highest BCUT2D eigenvalue weighted by Crippen LogP contribution is 2.22. The molecular weight excluding hydrogens is 278 g/mol. The van der Waals surface area contributed by atoms with E-state index >= 15 is 0 Å². The first kappa shape index (κ1) is 15.8. The quantitative estimate of drug-likeness (QED) is 0.774. The number of sulfonamides is 1. The molecule has 3 N–H and O–H groups in total. The van der Waals surface area contributed by atoms with Crippen LogP contribution in [0.15, 0.2) is 17.0 Å². The second kappa shape index (κ2) is 6.27. The second-order valence-corrected chi connectivity index (χ2v) is 5.65. The van der Waals surface area contributed by atoms with Crippen molar-refractivity contribution < 1.29 is 21.9 Å². The molecule has 1 atom stereocenters. The van der Waals surface area contributed by atoms with E-state index in [0.29, 0.717) is 6.42 Å². The first-order valence-corrected chi connectivity index (χ1v) is 7.06. The maximum absolute atomic E-state index is 13.6. The van der Waals surface area contributed by atoms with Crippen LogP contribution in [0.25, 0.3) is 0 Å². The highest BCUT2D eigenvalue weighted by molar-refractivity contribution is 7.89. The number of hydrogen-bond donors (Lipinski definition) is 2. The molecule has 0 aromatic heterocycles. The van der Waals surface area contributed by atoms with Gasteiger partial charge in [-0.3, -0.25) is 0 Å². The van der Waals surface area contributed by atoms with Crippen molar-refractivity contribution >= 4 is 15.7 Å². The lowest BCUT2D eigenvalue weighted by molar-refractivity contribution is 0.173. The number of hydrogen-bond acceptors (Lipinski definition) is 4. The van der Waals surface area contributed by atoms with Gasteiger partial charge in [0, 0.05) is 18.8 Å². The van der Waals surface area contributed by atoms with Crippen LogP contribution >= 0.6 is 0 Å². The Morgan fingerprint density at radius 3 is 2.32 bits per heavy atom. The Morgan fingerprint density at radius 2 is 1.89 bits per heavy atom. The van der Waals surface area contributed by atoms with Gasteiger partial charge < -0.3 is 10.5 Å². The Bertz CT molecular complexity index is 526. The summed E-state index contributed by atoms with van der Waals surface area (Å²) >= 11 is 0. The summed E-state index contributed by atoms with van der Waals surface area (Å²) in [6, 6.07) is 0.954. The summed E-state index contributed by atoms with van der Waals surface area (Å²) in [5, 5.41) is 0. The topological polar surface area (TPSA) is 81.4 Å². The molecule has 0 aliphatic carbocycles. The average molecular weight is 294 g/mol. The summed E-state index contributed by atoms with van der Waals surface area (Å²) in [7, 11) is -2.90. The summed E-state index contributed by atoms with van der Waals surface area (Å²) in [4.78, 5) is -1.03. The van der Waals surface area contributed by atoms with Gasteiger partial charge in [-0.15, -0.1) is 0 Å². The van der Waals surface area contributed by atoms with E-state index in [9.17, 15) is 17.2 Å². The van der Waals surface area contributed by atoms with E-state index in [4.69, 9.17) is 10.5 Å². The molecule has 0 bridgehead atoms. The molecule has 0 saturated carbocycles. The van der Waals surface area contributed by atoms with Gasteiger partial charge in [-0.1, -0.05) is 6.92 Å². The number of nitrogens with two attached hydrogens (primary N) is 1. The molecule has 19 heavy (non-hydrogen) atoms. The standard InChI is InChI=1S/C11H16F2N2O3S/c1-3-8(6-18-2)15-19(16,17)11-9(12)4-7(14)5-10(11)13/h4-5,8,15H,3,6,14H2,1-2H3. The van der Waals surface area contributed by atoms with Gasteiger partial charge in [0.2, 0.25) is 10.0 Å². The Labute approximate surface area is 110 Å². The van der Waals surface area contributed by atoms with Gasteiger partial charge in [-0.25, -0.2) is 21.9 Å². The predicted octanol–water partition coefficient (Wildman–Crippen LogP) is 1.25. The van der Waals surface area contributed by atoms with Gasteiger partial charge in [-0.2, -0.15) is 0 Å². The Kier molecular flexibility index (Phi) is 5.21. The van der Waals surface area contributed by atoms with Crippen molar-refractivity contribution in [1.29, 1.82) is 0 Å². The van der Waals surface area contributed by atoms with E-state index in [1.54, 1.807) is 6.92 Å². The molecule has 108 valence electrons. The molecule has 0 aliphatic rings. The van der Waals surface area contributed by atoms with E-state index in [1.807, 2.05) is 0 Å². The number of nitrogen functional groups attached to an aromatic ring is 1. The fourth-order valence-electron chi connectivity index (χ4n) is 1.55. The third-order valence-electron chi connectivity index (χ3n) is 2.47. The van der Waals surface area contributed by atoms with Gasteiger partial charge >= 0.3 is 0 Å². The largest absolute Gasteiger partial charge is 0.399 e. The molecule has 0 aliphatic heterocycles. The number of halogens is 2. The average Bonchev–Trinajstić information content (AvgIpc) is 2.25. The summed E-state index contributed by atoms with van der Waals surface area (Å²) in [5.41, 5.74) is 5.05. The molecule has 1 aromatic carbocycles. The number of rotatable bonds is 6. The number of anilines is 1. The van der Waals surface area contributed by atoms with Crippen LogP contribution < -0.4 is 10.5 Å². The molecular formula is C11H16F2N2O3S. The van der Waals surface area contributed by atoms with Crippen LogP contribution in [0.5, 0.6) is 0 Å². The van der Waals surface area contributed by atoms with Crippen molar-refractivity contribution in [1.82, 2.24) is 4.72 Å². The van der Waals surface area contributed by atoms with Crippen LogP contribution in [0, 0.1) is 11.6 Å². The van der Waals surface area contributed by atoms with Crippen molar-refractivity contribution in [2.24, 2.45) is 0 Å². The number of ether oxygens (including phenoxy) is 1. The lowest BCUT2D eigenvalue weighted by Crippen LogP contribution is -2.38. The van der Waals surface area contributed by atoms with E-state index in [-0.39, 0.29) is 12.3 Å². The first-order valence-electron chi connectivity index (χ1n) is 5.57. The third-order valence-corrected chi connectivity index (χ3v) is 4.04. The summed E-state index contributed by atoms with van der Waals surface area (Å²) in [6.07, 6.45) is 0.422. The Balaban J connectivity index is 3.14. The molecule has 8 heteroatoms. The van der Waals surface area contributed by atoms with Crippen molar-refractivity contribution in [3.63, 3.8) is 0 Å². The lowest BCUT2D eigenvalue weighted by atomic mass is 10.3. The summed E-state index contributed by atoms with van der Waals surface area (Å²) in [6.45, 7) is 1.83. The minimum absolute atomic E-state index is 0.105.